The Balaban J connectivity index is 1.90. The molecule has 1 aliphatic heterocycles. The summed E-state index contributed by atoms with van der Waals surface area (Å²) in [7, 11) is 1.43. The molecule has 0 amide bonds. The van der Waals surface area contributed by atoms with Crippen LogP contribution in [0.5, 0.6) is 0 Å². The topological polar surface area (TPSA) is 71.2 Å². The fourth-order valence-electron chi connectivity index (χ4n) is 4.73. The number of allylic oxidation sites excluding steroid dienone is 1. The Morgan fingerprint density at radius 1 is 1.31 bits per heavy atom. The summed E-state index contributed by atoms with van der Waals surface area (Å²) in [6.07, 6.45) is 2.99. The minimum absolute atomic E-state index is 0.0402. The molecule has 1 aromatic carbocycles. The number of piperidine rings is 1. The quantitative estimate of drug-likeness (QED) is 0.611. The van der Waals surface area contributed by atoms with Crippen molar-refractivity contribution in [3.8, 4) is 0 Å². The van der Waals surface area contributed by atoms with Crippen LogP contribution in [0.25, 0.3) is 10.9 Å². The molecular formula is C21H24N2O3. The number of ether oxygens (including phenoxy) is 1. The van der Waals surface area contributed by atoms with Crippen molar-refractivity contribution in [2.45, 2.75) is 32.7 Å². The van der Waals surface area contributed by atoms with Crippen LogP contribution >= 0.6 is 0 Å². The van der Waals surface area contributed by atoms with Gasteiger partial charge in [0.05, 0.1) is 18.7 Å². The third-order valence-corrected chi connectivity index (χ3v) is 6.00. The number of benzene rings is 1. The number of H-pyrrole nitrogens is 1. The number of nitrogens with one attached hydrogen (secondary N) is 2. The van der Waals surface area contributed by atoms with Gasteiger partial charge in [0, 0.05) is 35.8 Å². The summed E-state index contributed by atoms with van der Waals surface area (Å²) in [5.74, 6) is -0.605. The highest BCUT2D eigenvalue weighted by atomic mass is 16.5. The van der Waals surface area contributed by atoms with Crippen molar-refractivity contribution in [3.63, 3.8) is 0 Å². The number of aromatic nitrogens is 1. The van der Waals surface area contributed by atoms with Gasteiger partial charge in [-0.3, -0.25) is 9.59 Å². The second-order valence-electron chi connectivity index (χ2n) is 7.31. The summed E-state index contributed by atoms with van der Waals surface area (Å²) in [5.41, 5.74) is 4.97. The Morgan fingerprint density at radius 3 is 2.85 bits per heavy atom. The molecule has 1 aliphatic carbocycles. The first-order chi connectivity index (χ1) is 12.5. The van der Waals surface area contributed by atoms with Crippen molar-refractivity contribution < 1.29 is 14.3 Å². The maximum Gasteiger partial charge on any atom is 0.310 e. The first-order valence-electron chi connectivity index (χ1n) is 9.14. The van der Waals surface area contributed by atoms with E-state index in [1.54, 1.807) is 0 Å². The summed E-state index contributed by atoms with van der Waals surface area (Å²) in [6.45, 7) is 4.74. The van der Waals surface area contributed by atoms with Crippen molar-refractivity contribution >= 4 is 22.7 Å². The SMILES string of the molecule is C/C=C1\CN[C@@H]2Cc3c([nH]c4cccc(C)c34)C(=O)C[C@@H]1[C@@H]2C(=O)OC. The second kappa shape index (κ2) is 6.40. The number of carbonyl (C=O) groups is 2. The number of Topliss-reactive ketones (excluding diaryl/α,β-unsaturated/α-hetero) is 1. The normalized spacial score (nSPS) is 27.1. The van der Waals surface area contributed by atoms with Gasteiger partial charge < -0.3 is 15.0 Å². The van der Waals surface area contributed by atoms with Crippen molar-refractivity contribution in [3.05, 3.63) is 46.7 Å². The van der Waals surface area contributed by atoms with Crippen molar-refractivity contribution in [2.24, 2.45) is 11.8 Å². The standard InChI is InChI=1S/C21H24N2O3/c1-4-12-10-22-16-8-14-18-11(2)6-5-7-15(18)23-20(14)17(24)9-13(12)19(16)21(25)26-3/h4-7,13,16,19,22-23H,8-10H2,1-3H3/b12-4+/t13-,16+,19-/m0/s1. The fourth-order valence-corrected chi connectivity index (χ4v) is 4.73. The first kappa shape index (κ1) is 17.0. The number of hydrogen-bond acceptors (Lipinski definition) is 4. The van der Waals surface area contributed by atoms with E-state index in [9.17, 15) is 9.59 Å². The van der Waals surface area contributed by atoms with Crippen LogP contribution in [0.15, 0.2) is 29.8 Å². The molecular weight excluding hydrogens is 328 g/mol. The van der Waals surface area contributed by atoms with E-state index >= 15 is 0 Å². The number of aromatic amines is 1. The molecule has 0 radical (unpaired) electrons. The third-order valence-electron chi connectivity index (χ3n) is 6.00. The first-order valence-corrected chi connectivity index (χ1v) is 9.14. The van der Waals surface area contributed by atoms with Crippen LogP contribution in [-0.4, -0.2) is 36.4 Å². The van der Waals surface area contributed by atoms with E-state index in [0.717, 1.165) is 27.6 Å². The van der Waals surface area contributed by atoms with E-state index in [2.05, 4.69) is 23.3 Å². The Bertz CT molecular complexity index is 925. The highest BCUT2D eigenvalue weighted by molar-refractivity contribution is 6.04. The number of aryl methyl sites for hydroxylation is 1. The zero-order valence-corrected chi connectivity index (χ0v) is 15.4. The average molecular weight is 352 g/mol. The van der Waals surface area contributed by atoms with E-state index in [-0.39, 0.29) is 29.6 Å². The van der Waals surface area contributed by atoms with Gasteiger partial charge in [0.1, 0.15) is 0 Å². The van der Waals surface area contributed by atoms with Gasteiger partial charge >= 0.3 is 5.97 Å². The molecule has 0 saturated carbocycles. The van der Waals surface area contributed by atoms with Crippen LogP contribution in [0.1, 0.15) is 35.0 Å². The number of hydrogen-bond donors (Lipinski definition) is 2. The lowest BCUT2D eigenvalue weighted by molar-refractivity contribution is -0.148. The Kier molecular flexibility index (Phi) is 4.19. The minimum Gasteiger partial charge on any atom is -0.469 e. The lowest BCUT2D eigenvalue weighted by Crippen LogP contribution is -2.53. The summed E-state index contributed by atoms with van der Waals surface area (Å²) in [4.78, 5) is 29.1. The number of carbonyl (C=O) groups excluding carboxylic acids is 2. The number of fused-ring (bicyclic) bond motifs is 5. The molecule has 26 heavy (non-hydrogen) atoms. The molecule has 4 rings (SSSR count). The predicted molar refractivity (Wildman–Crippen MR) is 100 cm³/mol. The molecule has 2 bridgehead atoms. The zero-order chi connectivity index (χ0) is 18.4. The Morgan fingerprint density at radius 2 is 2.12 bits per heavy atom. The molecule has 5 nitrogen and oxygen atoms in total. The van der Waals surface area contributed by atoms with Crippen molar-refractivity contribution in [2.75, 3.05) is 13.7 Å². The Hall–Kier alpha value is -2.40. The minimum atomic E-state index is -0.342. The molecule has 2 heterocycles. The van der Waals surface area contributed by atoms with Gasteiger partial charge in [0.15, 0.2) is 5.78 Å². The second-order valence-corrected chi connectivity index (χ2v) is 7.31. The summed E-state index contributed by atoms with van der Waals surface area (Å²) in [5, 5.41) is 4.63. The lowest BCUT2D eigenvalue weighted by Gasteiger charge is -2.40. The van der Waals surface area contributed by atoms with Gasteiger partial charge in [-0.05, 0) is 37.5 Å². The van der Waals surface area contributed by atoms with E-state index in [0.29, 0.717) is 25.1 Å². The molecule has 0 spiro atoms. The molecule has 2 aromatic rings. The average Bonchev–Trinajstić information content (AvgIpc) is 3.00. The molecule has 136 valence electrons. The molecule has 2 aliphatic rings. The predicted octanol–water partition coefficient (Wildman–Crippen LogP) is 2.93. The van der Waals surface area contributed by atoms with Crippen LogP contribution in [-0.2, 0) is 16.0 Å². The monoisotopic (exact) mass is 352 g/mol. The van der Waals surface area contributed by atoms with Gasteiger partial charge in [-0.1, -0.05) is 23.8 Å². The smallest absolute Gasteiger partial charge is 0.310 e. The van der Waals surface area contributed by atoms with E-state index in [1.807, 2.05) is 25.1 Å². The maximum absolute atomic E-state index is 13.1. The van der Waals surface area contributed by atoms with E-state index in [4.69, 9.17) is 4.74 Å². The van der Waals surface area contributed by atoms with Gasteiger partial charge in [-0.15, -0.1) is 0 Å². The zero-order valence-electron chi connectivity index (χ0n) is 15.4. The summed E-state index contributed by atoms with van der Waals surface area (Å²) >= 11 is 0. The number of esters is 1. The summed E-state index contributed by atoms with van der Waals surface area (Å²) < 4.78 is 5.11. The molecule has 5 heteroatoms. The fraction of sp³-hybridized carbons (Fsp3) is 0.429. The maximum atomic E-state index is 13.1. The number of rotatable bonds is 1. The van der Waals surface area contributed by atoms with Crippen LogP contribution in [0.4, 0.5) is 0 Å². The molecule has 0 unspecified atom stereocenters. The van der Waals surface area contributed by atoms with E-state index < -0.39 is 0 Å². The highest BCUT2D eigenvalue weighted by Gasteiger charge is 2.44. The van der Waals surface area contributed by atoms with Crippen LogP contribution < -0.4 is 5.32 Å². The van der Waals surface area contributed by atoms with Gasteiger partial charge in [-0.25, -0.2) is 0 Å². The van der Waals surface area contributed by atoms with Gasteiger partial charge in [-0.2, -0.15) is 0 Å². The van der Waals surface area contributed by atoms with Crippen LogP contribution in [0.2, 0.25) is 0 Å². The number of ketones is 1. The lowest BCUT2D eigenvalue weighted by atomic mass is 9.71. The molecule has 3 atom stereocenters. The number of methoxy groups -OCH3 is 1. The van der Waals surface area contributed by atoms with E-state index in [1.165, 1.54) is 7.11 Å². The molecule has 1 fully saturated rings. The van der Waals surface area contributed by atoms with Crippen molar-refractivity contribution in [1.82, 2.24) is 10.3 Å². The third kappa shape index (κ3) is 2.50. The highest BCUT2D eigenvalue weighted by Crippen LogP contribution is 2.39. The molecule has 2 N–H and O–H groups in total. The molecule has 1 aromatic heterocycles. The van der Waals surface area contributed by atoms with Gasteiger partial charge in [0.2, 0.25) is 0 Å². The molecule has 1 saturated heterocycles. The largest absolute Gasteiger partial charge is 0.469 e. The van der Waals surface area contributed by atoms with Crippen LogP contribution in [0.3, 0.4) is 0 Å². The van der Waals surface area contributed by atoms with Crippen LogP contribution in [0, 0.1) is 18.8 Å². The Labute approximate surface area is 152 Å². The summed E-state index contributed by atoms with van der Waals surface area (Å²) in [6, 6.07) is 6.03. The van der Waals surface area contributed by atoms with Gasteiger partial charge in [0.25, 0.3) is 0 Å². The van der Waals surface area contributed by atoms with Crippen molar-refractivity contribution in [1.29, 1.82) is 0 Å².